The minimum Gasteiger partial charge on any atom is -0.375 e. The summed E-state index contributed by atoms with van der Waals surface area (Å²) in [5.41, 5.74) is 3.80. The molecule has 0 fully saturated rings. The summed E-state index contributed by atoms with van der Waals surface area (Å²) in [6.07, 6.45) is 1.00. The van der Waals surface area contributed by atoms with Crippen LogP contribution in [0.2, 0.25) is 0 Å². The van der Waals surface area contributed by atoms with Gasteiger partial charge in [-0.3, -0.25) is 3.97 Å². The van der Waals surface area contributed by atoms with Crippen molar-refractivity contribution in [3.8, 4) is 0 Å². The van der Waals surface area contributed by atoms with E-state index in [1.54, 1.807) is 0 Å². The molecule has 0 radical (unpaired) electrons. The molecule has 1 aromatic heterocycles. The topological polar surface area (TPSA) is 14.2 Å². The molecule has 3 rings (SSSR count). The Balaban J connectivity index is 2.41. The molecule has 3 heteroatoms. The van der Waals surface area contributed by atoms with Crippen LogP contribution in [0.1, 0.15) is 11.3 Å². The number of benzene rings is 1. The van der Waals surface area contributed by atoms with Crippen molar-refractivity contribution < 1.29 is 4.74 Å². The molecule has 0 atom stereocenters. The summed E-state index contributed by atoms with van der Waals surface area (Å²) in [6.45, 7) is 1.52. The van der Waals surface area contributed by atoms with Crippen molar-refractivity contribution in [2.75, 3.05) is 6.61 Å². The molecular weight excluding hydrogens is 194 g/mol. The number of hydrogen-bond acceptors (Lipinski definition) is 2. The number of nitrogens with zero attached hydrogens (tertiary/aromatic N) is 1. The number of thiol groups is 1. The van der Waals surface area contributed by atoms with Gasteiger partial charge >= 0.3 is 0 Å². The van der Waals surface area contributed by atoms with Crippen molar-refractivity contribution in [2.45, 2.75) is 13.0 Å². The molecule has 0 bridgehead atoms. The molecular formula is C11H11NOS. The fourth-order valence-electron chi connectivity index (χ4n) is 2.11. The monoisotopic (exact) mass is 205 g/mol. The van der Waals surface area contributed by atoms with Crippen molar-refractivity contribution >= 4 is 23.7 Å². The zero-order chi connectivity index (χ0) is 9.54. The fourth-order valence-corrected chi connectivity index (χ4v) is 2.47. The maximum Gasteiger partial charge on any atom is 0.0880 e. The van der Waals surface area contributed by atoms with E-state index in [2.05, 4.69) is 31.0 Å². The predicted molar refractivity (Wildman–Crippen MR) is 59.7 cm³/mol. The third-order valence-corrected chi connectivity index (χ3v) is 3.25. The molecule has 1 aromatic carbocycles. The molecule has 2 heterocycles. The van der Waals surface area contributed by atoms with Gasteiger partial charge in [-0.15, -0.1) is 0 Å². The quantitative estimate of drug-likeness (QED) is 0.652. The summed E-state index contributed by atoms with van der Waals surface area (Å²) in [7, 11) is 0. The van der Waals surface area contributed by atoms with Crippen molar-refractivity contribution in [3.63, 3.8) is 0 Å². The lowest BCUT2D eigenvalue weighted by atomic mass is 10.1. The molecule has 2 nitrogen and oxygen atoms in total. The van der Waals surface area contributed by atoms with Crippen LogP contribution in [-0.2, 0) is 17.8 Å². The molecule has 2 aromatic rings. The predicted octanol–water partition coefficient (Wildman–Crippen LogP) is 2.41. The Kier molecular flexibility index (Phi) is 1.82. The minimum absolute atomic E-state index is 0.688. The highest BCUT2D eigenvalue weighted by atomic mass is 32.1. The number of fused-ring (bicyclic) bond motifs is 3. The molecule has 0 aliphatic carbocycles. The summed E-state index contributed by atoms with van der Waals surface area (Å²) >= 11 is 4.49. The molecule has 0 unspecified atom stereocenters. The SMILES string of the molecule is Sn1c2c(c3ccccc31)CCOC2. The maximum absolute atomic E-state index is 5.44. The van der Waals surface area contributed by atoms with Gasteiger partial charge in [0.25, 0.3) is 0 Å². The van der Waals surface area contributed by atoms with Gasteiger partial charge < -0.3 is 4.74 Å². The fraction of sp³-hybridized carbons (Fsp3) is 0.273. The van der Waals surface area contributed by atoms with E-state index < -0.39 is 0 Å². The number of rotatable bonds is 0. The highest BCUT2D eigenvalue weighted by Crippen LogP contribution is 2.30. The van der Waals surface area contributed by atoms with Crippen LogP contribution in [0.15, 0.2) is 24.3 Å². The van der Waals surface area contributed by atoms with E-state index in [9.17, 15) is 0 Å². The van der Waals surface area contributed by atoms with Crippen molar-refractivity contribution in [1.82, 2.24) is 3.97 Å². The lowest BCUT2D eigenvalue weighted by Crippen LogP contribution is -2.09. The van der Waals surface area contributed by atoms with Crippen LogP contribution in [0.3, 0.4) is 0 Å². The second-order valence-corrected chi connectivity index (χ2v) is 3.96. The summed E-state index contributed by atoms with van der Waals surface area (Å²) in [4.78, 5) is 0. The van der Waals surface area contributed by atoms with Crippen LogP contribution in [-0.4, -0.2) is 10.6 Å². The third kappa shape index (κ3) is 1.03. The normalized spacial score (nSPS) is 15.8. The molecule has 72 valence electrons. The van der Waals surface area contributed by atoms with E-state index in [4.69, 9.17) is 4.74 Å². The van der Waals surface area contributed by atoms with Gasteiger partial charge in [0.2, 0.25) is 0 Å². The van der Waals surface area contributed by atoms with Gasteiger partial charge in [0, 0.05) is 5.39 Å². The third-order valence-electron chi connectivity index (χ3n) is 2.80. The van der Waals surface area contributed by atoms with E-state index in [1.165, 1.54) is 22.2 Å². The van der Waals surface area contributed by atoms with Crippen LogP contribution < -0.4 is 0 Å². The summed E-state index contributed by atoms with van der Waals surface area (Å²) in [6, 6.07) is 8.38. The Morgan fingerprint density at radius 2 is 2.14 bits per heavy atom. The lowest BCUT2D eigenvalue weighted by Gasteiger charge is -2.13. The molecule has 0 saturated carbocycles. The van der Waals surface area contributed by atoms with Gasteiger partial charge in [0.05, 0.1) is 24.4 Å². The molecule has 14 heavy (non-hydrogen) atoms. The second kappa shape index (κ2) is 3.04. The number of aromatic nitrogens is 1. The van der Waals surface area contributed by atoms with Gasteiger partial charge in [0.1, 0.15) is 0 Å². The zero-order valence-corrected chi connectivity index (χ0v) is 8.63. The average Bonchev–Trinajstić information content (AvgIpc) is 2.55. The summed E-state index contributed by atoms with van der Waals surface area (Å²) < 4.78 is 7.38. The Morgan fingerprint density at radius 3 is 3.07 bits per heavy atom. The van der Waals surface area contributed by atoms with Gasteiger partial charge in [-0.2, -0.15) is 0 Å². The molecule has 0 N–H and O–H groups in total. The van der Waals surface area contributed by atoms with Gasteiger partial charge in [-0.05, 0) is 18.1 Å². The van der Waals surface area contributed by atoms with Crippen molar-refractivity contribution in [1.29, 1.82) is 0 Å². The first kappa shape index (κ1) is 8.38. The second-order valence-electron chi connectivity index (χ2n) is 3.56. The van der Waals surface area contributed by atoms with Gasteiger partial charge in [0.15, 0.2) is 0 Å². The highest BCUT2D eigenvalue weighted by molar-refractivity contribution is 7.78. The summed E-state index contributed by atoms with van der Waals surface area (Å²) in [5, 5.41) is 1.32. The molecule has 0 amide bonds. The number of hydrogen-bond donors (Lipinski definition) is 1. The van der Waals surface area contributed by atoms with E-state index in [-0.39, 0.29) is 0 Å². The largest absolute Gasteiger partial charge is 0.375 e. The first-order valence-corrected chi connectivity index (χ1v) is 5.16. The number of para-hydroxylation sites is 1. The first-order valence-electron chi connectivity index (χ1n) is 4.76. The molecule has 1 aliphatic rings. The Morgan fingerprint density at radius 1 is 1.29 bits per heavy atom. The molecule has 0 saturated heterocycles. The molecule has 0 spiro atoms. The maximum atomic E-state index is 5.44. The van der Waals surface area contributed by atoms with Crippen LogP contribution in [0.5, 0.6) is 0 Å². The average molecular weight is 205 g/mol. The summed E-state index contributed by atoms with van der Waals surface area (Å²) in [5.74, 6) is 0. The zero-order valence-electron chi connectivity index (χ0n) is 7.73. The van der Waals surface area contributed by atoms with E-state index in [0.717, 1.165) is 13.0 Å². The van der Waals surface area contributed by atoms with Crippen LogP contribution >= 0.6 is 12.8 Å². The van der Waals surface area contributed by atoms with E-state index >= 15 is 0 Å². The number of ether oxygens (including phenoxy) is 1. The van der Waals surface area contributed by atoms with Crippen LogP contribution in [0.4, 0.5) is 0 Å². The Hall–Kier alpha value is -0.930. The van der Waals surface area contributed by atoms with E-state index in [0.29, 0.717) is 6.61 Å². The van der Waals surface area contributed by atoms with Gasteiger partial charge in [-0.25, -0.2) is 0 Å². The highest BCUT2D eigenvalue weighted by Gasteiger charge is 2.18. The standard InChI is InChI=1S/C11H11NOS/c14-12-10-4-2-1-3-8(10)9-5-6-13-7-11(9)12/h1-4,14H,5-7H2. The van der Waals surface area contributed by atoms with Crippen molar-refractivity contribution in [3.05, 3.63) is 35.5 Å². The molecule has 1 aliphatic heterocycles. The first-order chi connectivity index (χ1) is 6.88. The smallest absolute Gasteiger partial charge is 0.0880 e. The van der Waals surface area contributed by atoms with Crippen LogP contribution in [0.25, 0.3) is 10.9 Å². The van der Waals surface area contributed by atoms with Gasteiger partial charge in [-0.1, -0.05) is 31.0 Å². The Labute approximate surface area is 88.0 Å². The lowest BCUT2D eigenvalue weighted by molar-refractivity contribution is 0.108. The van der Waals surface area contributed by atoms with Crippen LogP contribution in [0, 0.1) is 0 Å². The Bertz CT molecular complexity index is 489. The van der Waals surface area contributed by atoms with Crippen molar-refractivity contribution in [2.24, 2.45) is 0 Å². The van der Waals surface area contributed by atoms with E-state index in [1.807, 2.05) is 10.0 Å². The minimum atomic E-state index is 0.688.